The molecule has 2 aromatic rings. The number of thiazole rings is 1. The lowest BCUT2D eigenvalue weighted by Gasteiger charge is -2.19. The van der Waals surface area contributed by atoms with Crippen LogP contribution in [0.15, 0.2) is 18.2 Å². The molecule has 1 aliphatic rings. The summed E-state index contributed by atoms with van der Waals surface area (Å²) in [5.41, 5.74) is 3.65. The Labute approximate surface area is 122 Å². The van der Waals surface area contributed by atoms with E-state index in [0.717, 1.165) is 16.5 Å². The third-order valence-corrected chi connectivity index (χ3v) is 5.12. The molecule has 1 unspecified atom stereocenters. The zero-order valence-corrected chi connectivity index (χ0v) is 12.7. The van der Waals surface area contributed by atoms with Crippen molar-refractivity contribution in [2.75, 3.05) is 7.05 Å². The van der Waals surface area contributed by atoms with Crippen LogP contribution in [0.5, 0.6) is 0 Å². The Balaban J connectivity index is 2.05. The largest absolute Gasteiger partial charge is 0.312 e. The average molecular weight is 293 g/mol. The minimum absolute atomic E-state index is 0.418. The summed E-state index contributed by atoms with van der Waals surface area (Å²) in [5.74, 6) is 0. The predicted octanol–water partition coefficient (Wildman–Crippen LogP) is 4.37. The van der Waals surface area contributed by atoms with Crippen molar-refractivity contribution in [3.05, 3.63) is 39.4 Å². The molecule has 3 rings (SSSR count). The molecule has 0 fully saturated rings. The average Bonchev–Trinajstić information content (AvgIpc) is 2.81. The van der Waals surface area contributed by atoms with Gasteiger partial charge in [0.1, 0.15) is 5.01 Å². The Morgan fingerprint density at radius 2 is 2.26 bits per heavy atom. The molecule has 1 heterocycles. The SMILES string of the molecule is CNC1CCCc2sc(-c3ccc(Cl)cc3C)nc21. The summed E-state index contributed by atoms with van der Waals surface area (Å²) in [6, 6.07) is 6.45. The Hall–Kier alpha value is -0.900. The van der Waals surface area contributed by atoms with Gasteiger partial charge in [-0.2, -0.15) is 0 Å². The van der Waals surface area contributed by atoms with Gasteiger partial charge in [0.05, 0.1) is 11.7 Å². The van der Waals surface area contributed by atoms with Crippen molar-refractivity contribution >= 4 is 22.9 Å². The zero-order valence-electron chi connectivity index (χ0n) is 11.2. The number of hydrogen-bond acceptors (Lipinski definition) is 3. The van der Waals surface area contributed by atoms with Gasteiger partial charge >= 0.3 is 0 Å². The van der Waals surface area contributed by atoms with E-state index in [1.165, 1.54) is 34.5 Å². The molecule has 0 bridgehead atoms. The maximum absolute atomic E-state index is 6.02. The molecule has 4 heteroatoms. The smallest absolute Gasteiger partial charge is 0.124 e. The first-order valence-corrected chi connectivity index (χ1v) is 7.82. The highest BCUT2D eigenvalue weighted by molar-refractivity contribution is 7.15. The van der Waals surface area contributed by atoms with Crippen LogP contribution >= 0.6 is 22.9 Å². The van der Waals surface area contributed by atoms with Crippen molar-refractivity contribution in [3.63, 3.8) is 0 Å². The van der Waals surface area contributed by atoms with Crippen molar-refractivity contribution in [1.29, 1.82) is 0 Å². The van der Waals surface area contributed by atoms with Gasteiger partial charge in [-0.15, -0.1) is 11.3 Å². The lowest BCUT2D eigenvalue weighted by Crippen LogP contribution is -2.21. The fourth-order valence-electron chi connectivity index (χ4n) is 2.68. The highest BCUT2D eigenvalue weighted by Crippen LogP contribution is 2.38. The molecular weight excluding hydrogens is 276 g/mol. The summed E-state index contributed by atoms with van der Waals surface area (Å²) in [4.78, 5) is 6.32. The number of rotatable bonds is 2. The van der Waals surface area contributed by atoms with E-state index in [1.807, 2.05) is 30.5 Å². The summed E-state index contributed by atoms with van der Waals surface area (Å²) in [5, 5.41) is 5.29. The van der Waals surface area contributed by atoms with E-state index in [-0.39, 0.29) is 0 Å². The molecule has 19 heavy (non-hydrogen) atoms. The second-order valence-corrected chi connectivity index (χ2v) is 6.54. The molecule has 1 atom stereocenters. The summed E-state index contributed by atoms with van der Waals surface area (Å²) < 4.78 is 0. The molecule has 1 aromatic carbocycles. The number of nitrogens with one attached hydrogen (secondary N) is 1. The molecule has 1 aromatic heterocycles. The monoisotopic (exact) mass is 292 g/mol. The predicted molar refractivity (Wildman–Crippen MR) is 82.0 cm³/mol. The van der Waals surface area contributed by atoms with Crippen LogP contribution in [0.3, 0.4) is 0 Å². The Morgan fingerprint density at radius 1 is 1.42 bits per heavy atom. The van der Waals surface area contributed by atoms with Gasteiger partial charge in [0.15, 0.2) is 0 Å². The lowest BCUT2D eigenvalue weighted by molar-refractivity contribution is 0.490. The summed E-state index contributed by atoms with van der Waals surface area (Å²) in [6.45, 7) is 2.09. The summed E-state index contributed by atoms with van der Waals surface area (Å²) in [6.07, 6.45) is 3.60. The minimum atomic E-state index is 0.418. The second-order valence-electron chi connectivity index (χ2n) is 5.02. The first kappa shape index (κ1) is 13.1. The summed E-state index contributed by atoms with van der Waals surface area (Å²) in [7, 11) is 2.02. The van der Waals surface area contributed by atoms with Gasteiger partial charge in [0.25, 0.3) is 0 Å². The minimum Gasteiger partial charge on any atom is -0.312 e. The van der Waals surface area contributed by atoms with Crippen LogP contribution in [0.2, 0.25) is 5.02 Å². The molecule has 0 amide bonds. The molecule has 1 N–H and O–H groups in total. The van der Waals surface area contributed by atoms with Crippen molar-refractivity contribution in [2.45, 2.75) is 32.2 Å². The Kier molecular flexibility index (Phi) is 3.61. The van der Waals surface area contributed by atoms with Crippen LogP contribution in [0.1, 0.15) is 35.0 Å². The fraction of sp³-hybridized carbons (Fsp3) is 0.400. The zero-order chi connectivity index (χ0) is 13.4. The normalized spacial score (nSPS) is 18.4. The van der Waals surface area contributed by atoms with E-state index in [2.05, 4.69) is 18.3 Å². The number of hydrogen-bond donors (Lipinski definition) is 1. The third-order valence-electron chi connectivity index (χ3n) is 3.72. The maximum atomic E-state index is 6.02. The molecule has 100 valence electrons. The van der Waals surface area contributed by atoms with Crippen LogP contribution < -0.4 is 5.32 Å². The highest BCUT2D eigenvalue weighted by Gasteiger charge is 2.24. The maximum Gasteiger partial charge on any atom is 0.124 e. The van der Waals surface area contributed by atoms with Crippen LogP contribution in [-0.2, 0) is 6.42 Å². The molecule has 0 saturated heterocycles. The van der Waals surface area contributed by atoms with Crippen molar-refractivity contribution < 1.29 is 0 Å². The van der Waals surface area contributed by atoms with Crippen LogP contribution in [0.25, 0.3) is 10.6 Å². The second kappa shape index (κ2) is 5.23. The fourth-order valence-corrected chi connectivity index (χ4v) is 4.16. The van der Waals surface area contributed by atoms with Gasteiger partial charge in [0, 0.05) is 15.5 Å². The number of aromatic nitrogens is 1. The van der Waals surface area contributed by atoms with E-state index in [1.54, 1.807) is 0 Å². The quantitative estimate of drug-likeness (QED) is 0.889. The topological polar surface area (TPSA) is 24.9 Å². The molecule has 0 saturated carbocycles. The molecule has 0 spiro atoms. The lowest BCUT2D eigenvalue weighted by atomic mass is 9.98. The van der Waals surface area contributed by atoms with Gasteiger partial charge in [-0.1, -0.05) is 17.7 Å². The van der Waals surface area contributed by atoms with Crippen LogP contribution in [0.4, 0.5) is 0 Å². The first-order chi connectivity index (χ1) is 9.19. The third kappa shape index (κ3) is 2.42. The van der Waals surface area contributed by atoms with Gasteiger partial charge < -0.3 is 5.32 Å². The van der Waals surface area contributed by atoms with Crippen molar-refractivity contribution in [1.82, 2.24) is 10.3 Å². The molecular formula is C15H17ClN2S. The van der Waals surface area contributed by atoms with Gasteiger partial charge in [-0.05, 0) is 50.9 Å². The van der Waals surface area contributed by atoms with Crippen molar-refractivity contribution in [3.8, 4) is 10.6 Å². The van der Waals surface area contributed by atoms with E-state index < -0.39 is 0 Å². The Morgan fingerprint density at radius 3 is 3.00 bits per heavy atom. The molecule has 0 aliphatic heterocycles. The Bertz CT molecular complexity index is 606. The highest BCUT2D eigenvalue weighted by atomic mass is 35.5. The molecule has 0 radical (unpaired) electrons. The van der Waals surface area contributed by atoms with Gasteiger partial charge in [-0.3, -0.25) is 0 Å². The number of benzene rings is 1. The van der Waals surface area contributed by atoms with Crippen LogP contribution in [-0.4, -0.2) is 12.0 Å². The molecule has 2 nitrogen and oxygen atoms in total. The van der Waals surface area contributed by atoms with E-state index >= 15 is 0 Å². The van der Waals surface area contributed by atoms with Gasteiger partial charge in [0.2, 0.25) is 0 Å². The molecule has 1 aliphatic carbocycles. The number of nitrogens with zero attached hydrogens (tertiary/aromatic N) is 1. The number of halogens is 1. The van der Waals surface area contributed by atoms with Gasteiger partial charge in [-0.25, -0.2) is 4.98 Å². The van der Waals surface area contributed by atoms with Crippen LogP contribution in [0, 0.1) is 6.92 Å². The number of aryl methyl sites for hydroxylation is 2. The summed E-state index contributed by atoms with van der Waals surface area (Å²) >= 11 is 7.86. The van der Waals surface area contributed by atoms with Crippen molar-refractivity contribution in [2.24, 2.45) is 0 Å². The first-order valence-electron chi connectivity index (χ1n) is 6.62. The number of fused-ring (bicyclic) bond motifs is 1. The van der Waals surface area contributed by atoms with E-state index in [4.69, 9.17) is 16.6 Å². The van der Waals surface area contributed by atoms with E-state index in [9.17, 15) is 0 Å². The standard InChI is InChI=1S/C15H17ClN2S/c1-9-8-10(16)6-7-11(9)15-18-14-12(17-2)4-3-5-13(14)19-15/h6-8,12,17H,3-5H2,1-2H3. The van der Waals surface area contributed by atoms with E-state index in [0.29, 0.717) is 6.04 Å².